The molecule has 0 N–H and O–H groups in total. The molecule has 2 amide bonds. The highest BCUT2D eigenvalue weighted by molar-refractivity contribution is 6.23. The Hall–Kier alpha value is -3.68. The average molecular weight is 473 g/mol. The Labute approximate surface area is 204 Å². The van der Waals surface area contributed by atoms with Gasteiger partial charge in [-0.15, -0.1) is 0 Å². The quantitative estimate of drug-likeness (QED) is 0.290. The van der Waals surface area contributed by atoms with Gasteiger partial charge in [-0.1, -0.05) is 24.3 Å². The second-order valence-electron chi connectivity index (χ2n) is 10.3. The van der Waals surface area contributed by atoms with E-state index in [2.05, 4.69) is 36.9 Å². The van der Waals surface area contributed by atoms with Crippen LogP contribution in [0.2, 0.25) is 0 Å². The second kappa shape index (κ2) is 7.93. The van der Waals surface area contributed by atoms with Crippen LogP contribution < -0.4 is 14.7 Å². The molecule has 2 aliphatic carbocycles. The lowest BCUT2D eigenvalue weighted by molar-refractivity contribution is -0.384. The van der Waals surface area contributed by atoms with E-state index in [4.69, 9.17) is 0 Å². The Morgan fingerprint density at radius 1 is 0.943 bits per heavy atom. The van der Waals surface area contributed by atoms with Gasteiger partial charge in [0.05, 0.1) is 22.4 Å². The topological polar surface area (TPSA) is 87.0 Å². The zero-order valence-corrected chi connectivity index (χ0v) is 19.8. The van der Waals surface area contributed by atoms with Gasteiger partial charge in [0, 0.05) is 37.4 Å². The van der Waals surface area contributed by atoms with Gasteiger partial charge in [-0.25, -0.2) is 4.90 Å². The molecule has 2 aromatic rings. The van der Waals surface area contributed by atoms with Gasteiger partial charge in [-0.2, -0.15) is 0 Å². The van der Waals surface area contributed by atoms with E-state index >= 15 is 0 Å². The number of imide groups is 1. The van der Waals surface area contributed by atoms with Crippen LogP contribution in [0.25, 0.3) is 0 Å². The Morgan fingerprint density at radius 3 is 2.29 bits per heavy atom. The van der Waals surface area contributed by atoms with E-state index in [1.54, 1.807) is 12.1 Å². The molecule has 1 saturated carbocycles. The van der Waals surface area contributed by atoms with Gasteiger partial charge in [-0.05, 0) is 61.9 Å². The Morgan fingerprint density at radius 2 is 1.66 bits per heavy atom. The van der Waals surface area contributed by atoms with E-state index < -0.39 is 4.92 Å². The maximum absolute atomic E-state index is 13.2. The van der Waals surface area contributed by atoms with Crippen molar-refractivity contribution in [2.75, 3.05) is 34.3 Å². The van der Waals surface area contributed by atoms with Gasteiger partial charge in [0.2, 0.25) is 11.8 Å². The third kappa shape index (κ3) is 3.34. The number of allylic oxidation sites excluding steroid dienone is 2. The van der Waals surface area contributed by atoms with Gasteiger partial charge in [0.1, 0.15) is 5.69 Å². The van der Waals surface area contributed by atoms with Crippen molar-refractivity contribution >= 4 is 34.6 Å². The van der Waals surface area contributed by atoms with Gasteiger partial charge >= 0.3 is 0 Å². The Bertz CT molecular complexity index is 1240. The number of hydrogen-bond acceptors (Lipinski definition) is 6. The summed E-state index contributed by atoms with van der Waals surface area (Å²) in [5, 5.41) is 12.1. The van der Waals surface area contributed by atoms with Gasteiger partial charge in [0.25, 0.3) is 5.69 Å². The minimum atomic E-state index is -0.409. The molecular formula is C27H28N4O4. The zero-order valence-electron chi connectivity index (χ0n) is 19.8. The molecule has 5 unspecified atom stereocenters. The summed E-state index contributed by atoms with van der Waals surface area (Å²) in [6.45, 7) is 6.21. The number of fused-ring (bicyclic) bond motifs is 5. The maximum atomic E-state index is 13.2. The number of aryl methyl sites for hydroxylation is 1. The molecule has 8 nitrogen and oxygen atoms in total. The van der Waals surface area contributed by atoms with Crippen molar-refractivity contribution in [3.8, 4) is 0 Å². The smallest absolute Gasteiger partial charge is 0.294 e. The van der Waals surface area contributed by atoms with Crippen LogP contribution in [0.4, 0.5) is 22.7 Å². The summed E-state index contributed by atoms with van der Waals surface area (Å²) >= 11 is 0. The highest BCUT2D eigenvalue weighted by Crippen LogP contribution is 2.53. The van der Waals surface area contributed by atoms with E-state index in [-0.39, 0.29) is 47.2 Å². The van der Waals surface area contributed by atoms with Gasteiger partial charge in [-0.3, -0.25) is 19.7 Å². The van der Waals surface area contributed by atoms with Gasteiger partial charge < -0.3 is 9.80 Å². The first-order valence-corrected chi connectivity index (χ1v) is 12.3. The minimum absolute atomic E-state index is 0.0718. The number of nitro benzene ring substituents is 1. The molecule has 2 bridgehead atoms. The number of benzene rings is 2. The summed E-state index contributed by atoms with van der Waals surface area (Å²) in [5.41, 5.74) is 3.10. The third-order valence-electron chi connectivity index (χ3n) is 8.19. The number of nitrogens with zero attached hydrogens (tertiary/aromatic N) is 4. The normalized spacial score (nSPS) is 29.3. The summed E-state index contributed by atoms with van der Waals surface area (Å²) in [7, 11) is 0. The van der Waals surface area contributed by atoms with Crippen LogP contribution in [-0.4, -0.2) is 42.4 Å². The van der Waals surface area contributed by atoms with Crippen LogP contribution >= 0.6 is 0 Å². The molecule has 0 spiro atoms. The first-order chi connectivity index (χ1) is 16.8. The number of carbonyl (C=O) groups excluding carboxylic acids is 2. The molecule has 180 valence electrons. The number of amides is 2. The molecule has 4 aliphatic rings. The molecule has 2 aromatic carbocycles. The SMILES string of the molecule is Cc1cccc(N2CCN(c3ccc(N4C(=O)C5C6C=CC(C6)C5C4=O)cc3[N+](=O)[O-])CC2C)c1. The fourth-order valence-corrected chi connectivity index (χ4v) is 6.59. The summed E-state index contributed by atoms with van der Waals surface area (Å²) in [4.78, 5) is 43.6. The van der Waals surface area contributed by atoms with E-state index in [1.165, 1.54) is 16.5 Å². The van der Waals surface area contributed by atoms with E-state index in [1.807, 2.05) is 23.1 Å². The molecule has 0 radical (unpaired) electrons. The van der Waals surface area contributed by atoms with Crippen molar-refractivity contribution in [2.24, 2.45) is 23.7 Å². The minimum Gasteiger partial charge on any atom is -0.365 e. The standard InChI is InChI=1S/C27H28N4O4/c1-16-4-3-5-20(12-16)29-11-10-28(15-17(29)2)22-9-8-21(14-23(22)31(34)35)30-26(32)24-18-6-7-19(13-18)25(24)27(30)33/h3-9,12,14,17-19,24-25H,10-11,13,15H2,1-2H3. The average Bonchev–Trinajstić information content (AvgIpc) is 3.52. The fourth-order valence-electron chi connectivity index (χ4n) is 6.59. The number of nitro groups is 1. The van der Waals surface area contributed by atoms with Crippen molar-refractivity contribution in [2.45, 2.75) is 26.3 Å². The molecule has 0 aromatic heterocycles. The monoisotopic (exact) mass is 472 g/mol. The molecule has 6 rings (SSSR count). The summed E-state index contributed by atoms with van der Waals surface area (Å²) in [6.07, 6.45) is 4.94. The van der Waals surface area contributed by atoms with Crippen LogP contribution in [0.5, 0.6) is 0 Å². The summed E-state index contributed by atoms with van der Waals surface area (Å²) in [6, 6.07) is 13.3. The number of piperazine rings is 1. The molecule has 5 atom stereocenters. The Balaban J connectivity index is 1.26. The largest absolute Gasteiger partial charge is 0.365 e. The molecule has 2 aliphatic heterocycles. The molecule has 3 fully saturated rings. The first-order valence-electron chi connectivity index (χ1n) is 12.3. The lowest BCUT2D eigenvalue weighted by Crippen LogP contribution is -2.52. The van der Waals surface area contributed by atoms with Crippen molar-refractivity contribution in [3.05, 3.63) is 70.3 Å². The number of anilines is 3. The van der Waals surface area contributed by atoms with Gasteiger partial charge in [0.15, 0.2) is 0 Å². The highest BCUT2D eigenvalue weighted by atomic mass is 16.6. The van der Waals surface area contributed by atoms with Crippen LogP contribution in [0.3, 0.4) is 0 Å². The van der Waals surface area contributed by atoms with E-state index in [0.29, 0.717) is 24.5 Å². The van der Waals surface area contributed by atoms with Crippen LogP contribution in [-0.2, 0) is 9.59 Å². The number of carbonyl (C=O) groups is 2. The summed E-state index contributed by atoms with van der Waals surface area (Å²) < 4.78 is 0. The lowest BCUT2D eigenvalue weighted by Gasteiger charge is -2.42. The van der Waals surface area contributed by atoms with E-state index in [0.717, 1.165) is 18.7 Å². The third-order valence-corrected chi connectivity index (χ3v) is 8.19. The second-order valence-corrected chi connectivity index (χ2v) is 10.3. The Kier molecular flexibility index (Phi) is 4.95. The summed E-state index contributed by atoms with van der Waals surface area (Å²) in [5.74, 6) is -0.893. The van der Waals surface area contributed by atoms with Crippen molar-refractivity contribution in [1.82, 2.24) is 0 Å². The number of hydrogen-bond donors (Lipinski definition) is 0. The fraction of sp³-hybridized carbons (Fsp3) is 0.407. The lowest BCUT2D eigenvalue weighted by atomic mass is 9.85. The van der Waals surface area contributed by atoms with Crippen LogP contribution in [0, 0.1) is 40.7 Å². The predicted octanol–water partition coefficient (Wildman–Crippen LogP) is 3.93. The molecule has 2 saturated heterocycles. The first kappa shape index (κ1) is 21.8. The van der Waals surface area contributed by atoms with E-state index in [9.17, 15) is 19.7 Å². The number of rotatable bonds is 4. The maximum Gasteiger partial charge on any atom is 0.294 e. The van der Waals surface area contributed by atoms with Crippen LogP contribution in [0.1, 0.15) is 18.9 Å². The highest BCUT2D eigenvalue weighted by Gasteiger charge is 2.59. The zero-order chi connectivity index (χ0) is 24.4. The molecule has 8 heteroatoms. The molecule has 35 heavy (non-hydrogen) atoms. The van der Waals surface area contributed by atoms with Crippen molar-refractivity contribution in [3.63, 3.8) is 0 Å². The van der Waals surface area contributed by atoms with Crippen LogP contribution in [0.15, 0.2) is 54.6 Å². The van der Waals surface area contributed by atoms with Crippen molar-refractivity contribution < 1.29 is 14.5 Å². The molecule has 2 heterocycles. The van der Waals surface area contributed by atoms with Crippen molar-refractivity contribution in [1.29, 1.82) is 0 Å². The predicted molar refractivity (Wildman–Crippen MR) is 134 cm³/mol. The molecular weight excluding hydrogens is 444 g/mol.